The second-order valence-corrected chi connectivity index (χ2v) is 11.0. The molecule has 6 nitrogen and oxygen atoms in total. The monoisotopic (exact) mass is 494 g/mol. The summed E-state index contributed by atoms with van der Waals surface area (Å²) in [5.74, 6) is 0.765. The highest BCUT2D eigenvalue weighted by Crippen LogP contribution is 2.26. The van der Waals surface area contributed by atoms with Crippen LogP contribution in [0.15, 0.2) is 65.6 Å². The van der Waals surface area contributed by atoms with Crippen molar-refractivity contribution in [2.45, 2.75) is 52.0 Å². The maximum atomic E-state index is 13.3. The van der Waals surface area contributed by atoms with Crippen LogP contribution in [0.5, 0.6) is 5.75 Å². The zero-order valence-electron chi connectivity index (χ0n) is 21.2. The number of aryl methyl sites for hydroxylation is 3. The molecule has 186 valence electrons. The number of nitrogens with one attached hydrogen (secondary N) is 2. The van der Waals surface area contributed by atoms with Crippen molar-refractivity contribution in [1.29, 1.82) is 0 Å². The molecule has 35 heavy (non-hydrogen) atoms. The van der Waals surface area contributed by atoms with Crippen molar-refractivity contribution in [3.8, 4) is 5.75 Å². The average molecular weight is 495 g/mol. The Hall–Kier alpha value is -3.32. The lowest BCUT2D eigenvalue weighted by Crippen LogP contribution is -2.30. The van der Waals surface area contributed by atoms with E-state index in [-0.39, 0.29) is 16.8 Å². The zero-order valence-corrected chi connectivity index (χ0v) is 22.0. The van der Waals surface area contributed by atoms with Crippen LogP contribution in [0.25, 0.3) is 0 Å². The molecule has 3 aromatic carbocycles. The molecule has 0 heterocycles. The van der Waals surface area contributed by atoms with Crippen LogP contribution in [0.2, 0.25) is 0 Å². The van der Waals surface area contributed by atoms with Gasteiger partial charge in [0.1, 0.15) is 5.75 Å². The lowest BCUT2D eigenvalue weighted by molar-refractivity contribution is 0.0931. The summed E-state index contributed by atoms with van der Waals surface area (Å²) in [4.78, 5) is 13.3. The maximum Gasteiger partial charge on any atom is 0.262 e. The van der Waals surface area contributed by atoms with Gasteiger partial charge in [-0.1, -0.05) is 44.2 Å². The van der Waals surface area contributed by atoms with Gasteiger partial charge in [0.05, 0.1) is 23.7 Å². The molecule has 0 saturated carbocycles. The van der Waals surface area contributed by atoms with E-state index in [9.17, 15) is 13.2 Å². The number of carbonyl (C=O) groups excluding carboxylic acids is 1. The van der Waals surface area contributed by atoms with Crippen LogP contribution >= 0.6 is 0 Å². The number of benzene rings is 3. The number of amides is 1. The molecule has 2 N–H and O–H groups in total. The third kappa shape index (κ3) is 6.63. The Morgan fingerprint density at radius 3 is 2.20 bits per heavy atom. The molecular formula is C28H34N2O4S. The second kappa shape index (κ2) is 11.0. The van der Waals surface area contributed by atoms with Gasteiger partial charge in [-0.25, -0.2) is 8.42 Å². The average Bonchev–Trinajstić information content (AvgIpc) is 2.80. The minimum atomic E-state index is -3.89. The van der Waals surface area contributed by atoms with Crippen molar-refractivity contribution < 1.29 is 17.9 Å². The van der Waals surface area contributed by atoms with E-state index in [1.165, 1.54) is 6.07 Å². The van der Waals surface area contributed by atoms with Crippen molar-refractivity contribution in [2.24, 2.45) is 5.92 Å². The summed E-state index contributed by atoms with van der Waals surface area (Å²) in [6.45, 7) is 9.67. The van der Waals surface area contributed by atoms with Crippen LogP contribution in [-0.4, -0.2) is 21.4 Å². The van der Waals surface area contributed by atoms with Crippen LogP contribution in [0.4, 0.5) is 5.69 Å². The van der Waals surface area contributed by atoms with Gasteiger partial charge in [-0.05, 0) is 85.7 Å². The Balaban J connectivity index is 1.89. The Labute approximate surface area is 208 Å². The number of sulfonamides is 1. The molecule has 0 aromatic heterocycles. The molecule has 1 amide bonds. The van der Waals surface area contributed by atoms with Gasteiger partial charge in [0.2, 0.25) is 0 Å². The van der Waals surface area contributed by atoms with Gasteiger partial charge in [0.25, 0.3) is 15.9 Å². The molecule has 0 unspecified atom stereocenters. The van der Waals surface area contributed by atoms with Gasteiger partial charge in [-0.3, -0.25) is 9.52 Å². The number of hydrogen-bond donors (Lipinski definition) is 2. The van der Waals surface area contributed by atoms with E-state index in [1.54, 1.807) is 32.2 Å². The highest BCUT2D eigenvalue weighted by atomic mass is 32.2. The van der Waals surface area contributed by atoms with Gasteiger partial charge in [-0.15, -0.1) is 0 Å². The number of carbonyl (C=O) groups is 1. The first-order chi connectivity index (χ1) is 16.5. The second-order valence-electron chi connectivity index (χ2n) is 9.33. The van der Waals surface area contributed by atoms with Crippen LogP contribution in [0.3, 0.4) is 0 Å². The van der Waals surface area contributed by atoms with Gasteiger partial charge in [0, 0.05) is 5.56 Å². The Kier molecular flexibility index (Phi) is 8.22. The SMILES string of the molecule is COc1ccc([C@H](CC(C)C)NC(=O)c2ccc(C)c(S(=O)(=O)Nc3cc(C)ccc3C)c2)cc1. The van der Waals surface area contributed by atoms with E-state index in [0.29, 0.717) is 22.7 Å². The van der Waals surface area contributed by atoms with E-state index in [0.717, 1.165) is 28.9 Å². The van der Waals surface area contributed by atoms with Crippen molar-refractivity contribution in [1.82, 2.24) is 5.32 Å². The van der Waals surface area contributed by atoms with Gasteiger partial charge >= 0.3 is 0 Å². The van der Waals surface area contributed by atoms with E-state index < -0.39 is 10.0 Å². The van der Waals surface area contributed by atoms with Crippen molar-refractivity contribution in [2.75, 3.05) is 11.8 Å². The Bertz CT molecular complexity index is 1300. The van der Waals surface area contributed by atoms with Gasteiger partial charge in [-0.2, -0.15) is 0 Å². The summed E-state index contributed by atoms with van der Waals surface area (Å²) >= 11 is 0. The van der Waals surface area contributed by atoms with E-state index in [2.05, 4.69) is 23.9 Å². The normalized spacial score (nSPS) is 12.3. The van der Waals surface area contributed by atoms with E-state index in [1.807, 2.05) is 50.2 Å². The molecule has 1 atom stereocenters. The van der Waals surface area contributed by atoms with Crippen LogP contribution < -0.4 is 14.8 Å². The number of ether oxygens (including phenoxy) is 1. The molecule has 0 aliphatic rings. The first-order valence-electron chi connectivity index (χ1n) is 11.7. The summed E-state index contributed by atoms with van der Waals surface area (Å²) in [5.41, 5.74) is 4.11. The molecule has 0 saturated heterocycles. The predicted molar refractivity (Wildman–Crippen MR) is 141 cm³/mol. The highest BCUT2D eigenvalue weighted by molar-refractivity contribution is 7.92. The van der Waals surface area contributed by atoms with Crippen LogP contribution in [0.1, 0.15) is 58.9 Å². The predicted octanol–water partition coefficient (Wildman–Crippen LogP) is 5.94. The maximum absolute atomic E-state index is 13.3. The minimum absolute atomic E-state index is 0.0795. The fraction of sp³-hybridized carbons (Fsp3) is 0.321. The first-order valence-corrected chi connectivity index (χ1v) is 13.1. The minimum Gasteiger partial charge on any atom is -0.497 e. The molecule has 0 aliphatic carbocycles. The molecule has 3 rings (SSSR count). The summed E-state index contributed by atoms with van der Waals surface area (Å²) < 4.78 is 34.4. The number of anilines is 1. The number of rotatable bonds is 9. The Morgan fingerprint density at radius 1 is 0.914 bits per heavy atom. The largest absolute Gasteiger partial charge is 0.497 e. The summed E-state index contributed by atoms with van der Waals surface area (Å²) in [7, 11) is -2.28. The van der Waals surface area contributed by atoms with Crippen molar-refractivity contribution in [3.63, 3.8) is 0 Å². The lowest BCUT2D eigenvalue weighted by atomic mass is 9.96. The topological polar surface area (TPSA) is 84.5 Å². The molecule has 0 fully saturated rings. The molecule has 0 spiro atoms. The van der Waals surface area contributed by atoms with Gasteiger partial charge in [0.15, 0.2) is 0 Å². The standard InChI is InChI=1S/C28H34N2O4S/c1-18(2)15-26(22-11-13-24(34-6)14-12-22)29-28(31)23-10-9-21(5)27(17-23)35(32,33)30-25-16-19(3)7-8-20(25)4/h7-14,16-18,26,30H,15H2,1-6H3,(H,29,31)/t26-/m0/s1. The zero-order chi connectivity index (χ0) is 25.8. The third-order valence-corrected chi connectivity index (χ3v) is 7.42. The molecular weight excluding hydrogens is 460 g/mol. The van der Waals surface area contributed by atoms with Crippen molar-refractivity contribution in [3.05, 3.63) is 88.5 Å². The van der Waals surface area contributed by atoms with Gasteiger partial charge < -0.3 is 10.1 Å². The smallest absolute Gasteiger partial charge is 0.262 e. The fourth-order valence-electron chi connectivity index (χ4n) is 3.90. The quantitative estimate of drug-likeness (QED) is 0.386. The first kappa shape index (κ1) is 26.3. The van der Waals surface area contributed by atoms with E-state index in [4.69, 9.17) is 4.74 Å². The summed E-state index contributed by atoms with van der Waals surface area (Å²) in [6, 6.07) is 17.7. The number of hydrogen-bond acceptors (Lipinski definition) is 4. The van der Waals surface area contributed by atoms with Crippen LogP contribution in [0, 0.1) is 26.7 Å². The summed E-state index contributed by atoms with van der Waals surface area (Å²) in [5, 5.41) is 3.09. The molecule has 3 aromatic rings. The molecule has 7 heteroatoms. The van der Waals surface area contributed by atoms with Crippen LogP contribution in [-0.2, 0) is 10.0 Å². The third-order valence-electron chi connectivity index (χ3n) is 5.91. The lowest BCUT2D eigenvalue weighted by Gasteiger charge is -2.22. The Morgan fingerprint density at radius 2 is 1.57 bits per heavy atom. The summed E-state index contributed by atoms with van der Waals surface area (Å²) in [6.07, 6.45) is 0.739. The highest BCUT2D eigenvalue weighted by Gasteiger charge is 2.22. The molecule has 0 aliphatic heterocycles. The molecule has 0 bridgehead atoms. The fourth-order valence-corrected chi connectivity index (χ4v) is 5.30. The number of methoxy groups -OCH3 is 1. The van der Waals surface area contributed by atoms with Crippen molar-refractivity contribution >= 4 is 21.6 Å². The molecule has 0 radical (unpaired) electrons. The van der Waals surface area contributed by atoms with E-state index >= 15 is 0 Å².